The fourth-order valence-corrected chi connectivity index (χ4v) is 3.15. The van der Waals surface area contributed by atoms with E-state index in [1.807, 2.05) is 26.0 Å². The first kappa shape index (κ1) is 21.6. The highest BCUT2D eigenvalue weighted by molar-refractivity contribution is 7.87. The zero-order chi connectivity index (χ0) is 20.7. The van der Waals surface area contributed by atoms with Crippen LogP contribution in [-0.4, -0.2) is 20.0 Å². The van der Waals surface area contributed by atoms with Gasteiger partial charge in [-0.05, 0) is 79.3 Å². The van der Waals surface area contributed by atoms with E-state index in [4.69, 9.17) is 4.18 Å². The predicted molar refractivity (Wildman–Crippen MR) is 115 cm³/mol. The molecule has 2 aromatic rings. The standard InChI is InChI=1S/C23H26O4S/c1-5-19-7-8-20(17(3)15-19)9-12-22(24)13-10-21-11-14-23(16-18(21)4)27-28(25,26)6-2/h7-16H,5-6H2,1-4H3/b12-9+,13-10+. The van der Waals surface area contributed by atoms with Crippen LogP contribution in [0.25, 0.3) is 12.2 Å². The minimum atomic E-state index is -3.55. The Morgan fingerprint density at radius 3 is 2.00 bits per heavy atom. The largest absolute Gasteiger partial charge is 0.382 e. The van der Waals surface area contributed by atoms with Crippen molar-refractivity contribution in [3.8, 4) is 5.75 Å². The lowest BCUT2D eigenvalue weighted by molar-refractivity contribution is -0.110. The third-order valence-electron chi connectivity index (χ3n) is 4.41. The van der Waals surface area contributed by atoms with Gasteiger partial charge < -0.3 is 4.18 Å². The van der Waals surface area contributed by atoms with Gasteiger partial charge in [-0.1, -0.05) is 43.3 Å². The monoisotopic (exact) mass is 398 g/mol. The van der Waals surface area contributed by atoms with Crippen LogP contribution in [0.15, 0.2) is 48.6 Å². The first-order chi connectivity index (χ1) is 13.2. The van der Waals surface area contributed by atoms with Gasteiger partial charge in [-0.25, -0.2) is 0 Å². The SMILES string of the molecule is CCc1ccc(/C=C/C(=O)/C=C/c2ccc(OS(=O)(=O)CC)cc2C)c(C)c1. The van der Waals surface area contributed by atoms with E-state index in [-0.39, 0.29) is 17.3 Å². The van der Waals surface area contributed by atoms with E-state index < -0.39 is 10.1 Å². The second-order valence-corrected chi connectivity index (χ2v) is 8.42. The maximum absolute atomic E-state index is 12.2. The zero-order valence-corrected chi connectivity index (χ0v) is 17.5. The number of benzene rings is 2. The van der Waals surface area contributed by atoms with E-state index in [1.54, 1.807) is 30.4 Å². The summed E-state index contributed by atoms with van der Waals surface area (Å²) < 4.78 is 28.1. The van der Waals surface area contributed by atoms with E-state index in [9.17, 15) is 13.2 Å². The summed E-state index contributed by atoms with van der Waals surface area (Å²) in [6, 6.07) is 11.2. The molecule has 0 heterocycles. The number of aryl methyl sites for hydroxylation is 3. The molecule has 0 aromatic heterocycles. The highest BCUT2D eigenvalue weighted by Crippen LogP contribution is 2.20. The highest BCUT2D eigenvalue weighted by atomic mass is 32.2. The second kappa shape index (κ2) is 9.51. The minimum Gasteiger partial charge on any atom is -0.382 e. The summed E-state index contributed by atoms with van der Waals surface area (Å²) in [5, 5.41) is 0. The second-order valence-electron chi connectivity index (χ2n) is 6.56. The maximum atomic E-state index is 12.2. The Kier molecular flexibility index (Phi) is 7.35. The van der Waals surface area contributed by atoms with Gasteiger partial charge in [0.25, 0.3) is 0 Å². The van der Waals surface area contributed by atoms with Gasteiger partial charge in [0.15, 0.2) is 5.78 Å². The van der Waals surface area contributed by atoms with Crippen molar-refractivity contribution >= 4 is 28.1 Å². The molecule has 0 saturated carbocycles. The van der Waals surface area contributed by atoms with Crippen molar-refractivity contribution in [2.24, 2.45) is 0 Å². The third kappa shape index (κ3) is 6.20. The summed E-state index contributed by atoms with van der Waals surface area (Å²) in [6.07, 6.45) is 7.57. The van der Waals surface area contributed by atoms with Crippen LogP contribution in [-0.2, 0) is 21.3 Å². The summed E-state index contributed by atoms with van der Waals surface area (Å²) in [5.74, 6) is 0.0656. The summed E-state index contributed by atoms with van der Waals surface area (Å²) >= 11 is 0. The average Bonchev–Trinajstić information content (AvgIpc) is 2.66. The summed E-state index contributed by atoms with van der Waals surface area (Å²) in [5.41, 5.74) is 5.08. The summed E-state index contributed by atoms with van der Waals surface area (Å²) in [4.78, 5) is 12.2. The smallest absolute Gasteiger partial charge is 0.308 e. The van der Waals surface area contributed by atoms with Gasteiger partial charge >= 0.3 is 10.1 Å². The van der Waals surface area contributed by atoms with Crippen molar-refractivity contribution in [1.29, 1.82) is 0 Å². The molecule has 0 aliphatic carbocycles. The van der Waals surface area contributed by atoms with E-state index in [0.717, 1.165) is 28.7 Å². The van der Waals surface area contributed by atoms with Crippen molar-refractivity contribution in [3.05, 3.63) is 76.4 Å². The molecular formula is C23H26O4S. The molecular weight excluding hydrogens is 372 g/mol. The molecule has 0 bridgehead atoms. The molecule has 4 nitrogen and oxygen atoms in total. The summed E-state index contributed by atoms with van der Waals surface area (Å²) in [6.45, 7) is 7.51. The van der Waals surface area contributed by atoms with Gasteiger partial charge in [-0.15, -0.1) is 0 Å². The van der Waals surface area contributed by atoms with Crippen molar-refractivity contribution in [3.63, 3.8) is 0 Å². The Hall–Kier alpha value is -2.66. The fourth-order valence-electron chi connectivity index (χ4n) is 2.64. The Balaban J connectivity index is 2.07. The Bertz CT molecular complexity index is 1010. The van der Waals surface area contributed by atoms with Crippen LogP contribution in [0.1, 0.15) is 41.7 Å². The van der Waals surface area contributed by atoms with Crippen LogP contribution < -0.4 is 4.18 Å². The van der Waals surface area contributed by atoms with Gasteiger partial charge in [0, 0.05) is 0 Å². The number of ketones is 1. The van der Waals surface area contributed by atoms with E-state index in [2.05, 4.69) is 19.1 Å². The number of rotatable bonds is 8. The van der Waals surface area contributed by atoms with Crippen molar-refractivity contribution < 1.29 is 17.4 Å². The third-order valence-corrected chi connectivity index (χ3v) is 5.57. The molecule has 148 valence electrons. The normalized spacial score (nSPS) is 12.0. The minimum absolute atomic E-state index is 0.0881. The van der Waals surface area contributed by atoms with E-state index in [1.165, 1.54) is 18.6 Å². The Morgan fingerprint density at radius 1 is 0.929 bits per heavy atom. The molecule has 0 saturated heterocycles. The molecule has 0 radical (unpaired) electrons. The van der Waals surface area contributed by atoms with Crippen molar-refractivity contribution in [2.45, 2.75) is 34.1 Å². The fraction of sp³-hybridized carbons (Fsp3) is 0.261. The highest BCUT2D eigenvalue weighted by Gasteiger charge is 2.09. The summed E-state index contributed by atoms with van der Waals surface area (Å²) in [7, 11) is -3.55. The molecule has 0 atom stereocenters. The number of hydrogen-bond acceptors (Lipinski definition) is 4. The Morgan fingerprint density at radius 2 is 1.50 bits per heavy atom. The molecule has 0 N–H and O–H groups in total. The topological polar surface area (TPSA) is 60.4 Å². The predicted octanol–water partition coefficient (Wildman–Crippen LogP) is 4.89. The molecule has 2 aromatic carbocycles. The van der Waals surface area contributed by atoms with Crippen LogP contribution in [0.3, 0.4) is 0 Å². The van der Waals surface area contributed by atoms with Crippen molar-refractivity contribution in [2.75, 3.05) is 5.75 Å². The number of allylic oxidation sites excluding steroid dienone is 2. The number of carbonyl (C=O) groups is 1. The molecule has 0 aliphatic rings. The first-order valence-corrected chi connectivity index (χ1v) is 10.8. The van der Waals surface area contributed by atoms with Crippen LogP contribution in [0.5, 0.6) is 5.75 Å². The molecule has 0 unspecified atom stereocenters. The molecule has 0 fully saturated rings. The molecule has 0 amide bonds. The van der Waals surface area contributed by atoms with E-state index in [0.29, 0.717) is 0 Å². The van der Waals surface area contributed by atoms with Crippen LogP contribution in [0, 0.1) is 13.8 Å². The molecule has 0 spiro atoms. The van der Waals surface area contributed by atoms with Gasteiger partial charge in [0.05, 0.1) is 5.75 Å². The van der Waals surface area contributed by atoms with Gasteiger partial charge in [0.1, 0.15) is 5.75 Å². The van der Waals surface area contributed by atoms with Gasteiger partial charge in [-0.3, -0.25) is 4.79 Å². The molecule has 2 rings (SSSR count). The first-order valence-electron chi connectivity index (χ1n) is 9.26. The van der Waals surface area contributed by atoms with Crippen LogP contribution >= 0.6 is 0 Å². The molecule has 28 heavy (non-hydrogen) atoms. The lowest BCUT2D eigenvalue weighted by Crippen LogP contribution is -2.11. The average molecular weight is 399 g/mol. The van der Waals surface area contributed by atoms with Gasteiger partial charge in [-0.2, -0.15) is 8.42 Å². The van der Waals surface area contributed by atoms with Crippen LogP contribution in [0.4, 0.5) is 0 Å². The lowest BCUT2D eigenvalue weighted by Gasteiger charge is -2.07. The van der Waals surface area contributed by atoms with Crippen molar-refractivity contribution in [1.82, 2.24) is 0 Å². The number of hydrogen-bond donors (Lipinski definition) is 0. The van der Waals surface area contributed by atoms with Crippen LogP contribution in [0.2, 0.25) is 0 Å². The van der Waals surface area contributed by atoms with E-state index >= 15 is 0 Å². The van der Waals surface area contributed by atoms with Gasteiger partial charge in [0.2, 0.25) is 0 Å². The quantitative estimate of drug-likeness (QED) is 0.469. The number of carbonyl (C=O) groups excluding carboxylic acids is 1. The maximum Gasteiger partial charge on any atom is 0.308 e. The lowest BCUT2D eigenvalue weighted by atomic mass is 10.0. The Labute approximate surface area is 167 Å². The molecule has 0 aliphatic heterocycles. The molecule has 5 heteroatoms. The zero-order valence-electron chi connectivity index (χ0n) is 16.7.